The van der Waals surface area contributed by atoms with Gasteiger partial charge in [0, 0.05) is 13.1 Å². The van der Waals surface area contributed by atoms with Gasteiger partial charge in [0.1, 0.15) is 11.4 Å². The first-order valence-corrected chi connectivity index (χ1v) is 7.65. The number of carbonyl (C=O) groups excluding carboxylic acids is 1. The fourth-order valence-electron chi connectivity index (χ4n) is 2.90. The molecular formula is C18H18N2O4. The van der Waals surface area contributed by atoms with Crippen LogP contribution in [0.1, 0.15) is 37.7 Å². The molecule has 1 amide bonds. The van der Waals surface area contributed by atoms with E-state index in [-0.39, 0.29) is 17.2 Å². The van der Waals surface area contributed by atoms with Gasteiger partial charge in [0.25, 0.3) is 5.91 Å². The van der Waals surface area contributed by atoms with Gasteiger partial charge in [-0.25, -0.2) is 9.78 Å². The number of pyridine rings is 1. The maximum Gasteiger partial charge on any atom is 0.337 e. The van der Waals surface area contributed by atoms with Crippen molar-refractivity contribution < 1.29 is 19.4 Å². The zero-order valence-corrected chi connectivity index (χ0v) is 13.6. The summed E-state index contributed by atoms with van der Waals surface area (Å²) in [7, 11) is 1.62. The number of nitrogens with zero attached hydrogens (tertiary/aromatic N) is 2. The van der Waals surface area contributed by atoms with Gasteiger partial charge >= 0.3 is 5.97 Å². The van der Waals surface area contributed by atoms with Crippen LogP contribution < -0.4 is 4.74 Å². The summed E-state index contributed by atoms with van der Waals surface area (Å²) in [4.78, 5) is 29.6. The number of rotatable bonds is 3. The Balaban J connectivity index is 1.83. The Kier molecular flexibility index (Phi) is 4.20. The van der Waals surface area contributed by atoms with Crippen molar-refractivity contribution in [3.05, 3.63) is 58.4 Å². The molecule has 1 aliphatic heterocycles. The largest absolute Gasteiger partial charge is 0.497 e. The summed E-state index contributed by atoms with van der Waals surface area (Å²) in [6.45, 7) is 2.70. The number of methoxy groups -OCH3 is 1. The Morgan fingerprint density at radius 3 is 2.67 bits per heavy atom. The predicted molar refractivity (Wildman–Crippen MR) is 87.4 cm³/mol. The zero-order chi connectivity index (χ0) is 17.3. The van der Waals surface area contributed by atoms with E-state index in [9.17, 15) is 9.59 Å². The van der Waals surface area contributed by atoms with Crippen LogP contribution in [0.5, 0.6) is 5.75 Å². The number of aryl methyl sites for hydroxylation is 1. The van der Waals surface area contributed by atoms with Crippen LogP contribution in [0.25, 0.3) is 0 Å². The number of amides is 1. The van der Waals surface area contributed by atoms with E-state index >= 15 is 0 Å². The molecule has 0 atom stereocenters. The van der Waals surface area contributed by atoms with Crippen molar-refractivity contribution in [2.24, 2.45) is 0 Å². The SMILES string of the molecule is COc1ccc2c(c1)CN(C(=O)c1ccc(C(=O)O)c(C)n1)CC2. The van der Waals surface area contributed by atoms with Gasteiger partial charge < -0.3 is 14.7 Å². The highest BCUT2D eigenvalue weighted by atomic mass is 16.5. The molecule has 0 spiro atoms. The standard InChI is InChI=1S/C18H18N2O4/c1-11-15(18(22)23)5-6-16(19-11)17(21)20-8-7-12-3-4-14(24-2)9-13(12)10-20/h3-6,9H,7-8,10H2,1-2H3,(H,22,23). The second kappa shape index (κ2) is 6.31. The summed E-state index contributed by atoms with van der Waals surface area (Å²) in [5, 5.41) is 9.06. The number of aromatic nitrogens is 1. The molecule has 6 nitrogen and oxygen atoms in total. The van der Waals surface area contributed by atoms with Crippen LogP contribution in [-0.2, 0) is 13.0 Å². The van der Waals surface area contributed by atoms with E-state index in [0.717, 1.165) is 17.7 Å². The summed E-state index contributed by atoms with van der Waals surface area (Å²) in [5.41, 5.74) is 2.99. The molecule has 1 aromatic carbocycles. The normalized spacial score (nSPS) is 13.3. The topological polar surface area (TPSA) is 79.7 Å². The van der Waals surface area contributed by atoms with Gasteiger partial charge in [-0.15, -0.1) is 0 Å². The van der Waals surface area contributed by atoms with E-state index in [1.165, 1.54) is 17.7 Å². The average Bonchev–Trinajstić information content (AvgIpc) is 2.59. The fraction of sp³-hybridized carbons (Fsp3) is 0.278. The van der Waals surface area contributed by atoms with Crippen molar-refractivity contribution in [1.29, 1.82) is 0 Å². The molecule has 0 fully saturated rings. The Hall–Kier alpha value is -2.89. The minimum absolute atomic E-state index is 0.111. The van der Waals surface area contributed by atoms with E-state index in [2.05, 4.69) is 4.98 Å². The number of carboxylic acid groups (broad SMARTS) is 1. The first-order valence-electron chi connectivity index (χ1n) is 7.65. The van der Waals surface area contributed by atoms with Crippen LogP contribution in [0.15, 0.2) is 30.3 Å². The molecule has 0 unspecified atom stereocenters. The molecule has 0 aliphatic carbocycles. The minimum Gasteiger partial charge on any atom is -0.497 e. The van der Waals surface area contributed by atoms with Gasteiger partial charge in [-0.1, -0.05) is 6.07 Å². The lowest BCUT2D eigenvalue weighted by Crippen LogP contribution is -2.36. The molecule has 1 N–H and O–H groups in total. The number of carboxylic acids is 1. The van der Waals surface area contributed by atoms with Crippen LogP contribution in [0, 0.1) is 6.92 Å². The molecule has 2 heterocycles. The van der Waals surface area contributed by atoms with E-state index in [4.69, 9.17) is 9.84 Å². The Morgan fingerprint density at radius 2 is 2.00 bits per heavy atom. The lowest BCUT2D eigenvalue weighted by atomic mass is 9.99. The minimum atomic E-state index is -1.04. The number of aromatic carboxylic acids is 1. The molecule has 1 aliphatic rings. The molecule has 1 aromatic heterocycles. The van der Waals surface area contributed by atoms with E-state index in [1.54, 1.807) is 18.9 Å². The molecule has 24 heavy (non-hydrogen) atoms. The molecule has 3 rings (SSSR count). The Morgan fingerprint density at radius 1 is 1.21 bits per heavy atom. The summed E-state index contributed by atoms with van der Waals surface area (Å²) in [6, 6.07) is 8.80. The molecule has 2 aromatic rings. The third kappa shape index (κ3) is 2.95. The lowest BCUT2D eigenvalue weighted by Gasteiger charge is -2.29. The first kappa shape index (κ1) is 16.0. The van der Waals surface area contributed by atoms with Crippen LogP contribution in [0.3, 0.4) is 0 Å². The molecule has 0 saturated heterocycles. The van der Waals surface area contributed by atoms with Crippen molar-refractivity contribution in [3.63, 3.8) is 0 Å². The smallest absolute Gasteiger partial charge is 0.337 e. The van der Waals surface area contributed by atoms with E-state index in [0.29, 0.717) is 18.8 Å². The molecule has 0 saturated carbocycles. The van der Waals surface area contributed by atoms with Gasteiger partial charge in [-0.3, -0.25) is 4.79 Å². The van der Waals surface area contributed by atoms with Gasteiger partial charge in [-0.2, -0.15) is 0 Å². The average molecular weight is 326 g/mol. The predicted octanol–water partition coefficient (Wildman–Crippen LogP) is 2.30. The maximum absolute atomic E-state index is 12.7. The fourth-order valence-corrected chi connectivity index (χ4v) is 2.90. The first-order chi connectivity index (χ1) is 11.5. The third-order valence-electron chi connectivity index (χ3n) is 4.25. The van der Waals surface area contributed by atoms with Crippen LogP contribution in [0.2, 0.25) is 0 Å². The number of ether oxygens (including phenoxy) is 1. The maximum atomic E-state index is 12.7. The van der Waals surface area contributed by atoms with Crippen molar-refractivity contribution in [2.45, 2.75) is 19.9 Å². The molecule has 6 heteroatoms. The Labute approximate surface area is 139 Å². The summed E-state index contributed by atoms with van der Waals surface area (Å²) in [5.74, 6) is -0.468. The number of hydrogen-bond donors (Lipinski definition) is 1. The summed E-state index contributed by atoms with van der Waals surface area (Å²) >= 11 is 0. The number of carbonyl (C=O) groups is 2. The second-order valence-corrected chi connectivity index (χ2v) is 5.75. The van der Waals surface area contributed by atoms with Gasteiger partial charge in [0.2, 0.25) is 0 Å². The van der Waals surface area contributed by atoms with Gasteiger partial charge in [0.05, 0.1) is 18.4 Å². The van der Waals surface area contributed by atoms with Crippen molar-refractivity contribution in [2.75, 3.05) is 13.7 Å². The van der Waals surface area contributed by atoms with Crippen LogP contribution in [0.4, 0.5) is 0 Å². The van der Waals surface area contributed by atoms with Crippen molar-refractivity contribution in [1.82, 2.24) is 9.88 Å². The molecule has 0 radical (unpaired) electrons. The zero-order valence-electron chi connectivity index (χ0n) is 13.6. The quantitative estimate of drug-likeness (QED) is 0.936. The monoisotopic (exact) mass is 326 g/mol. The number of fused-ring (bicyclic) bond motifs is 1. The van der Waals surface area contributed by atoms with Gasteiger partial charge in [-0.05, 0) is 48.7 Å². The van der Waals surface area contributed by atoms with Crippen molar-refractivity contribution >= 4 is 11.9 Å². The molecular weight excluding hydrogens is 308 g/mol. The van der Waals surface area contributed by atoms with Crippen molar-refractivity contribution in [3.8, 4) is 5.75 Å². The lowest BCUT2D eigenvalue weighted by molar-refractivity contribution is 0.0689. The Bertz CT molecular complexity index is 817. The molecule has 124 valence electrons. The van der Waals surface area contributed by atoms with Crippen LogP contribution >= 0.6 is 0 Å². The highest BCUT2D eigenvalue weighted by Crippen LogP contribution is 2.24. The number of hydrogen-bond acceptors (Lipinski definition) is 4. The molecule has 0 bridgehead atoms. The van der Waals surface area contributed by atoms with Crippen LogP contribution in [-0.4, -0.2) is 40.5 Å². The summed E-state index contributed by atoms with van der Waals surface area (Å²) in [6.07, 6.45) is 0.775. The third-order valence-corrected chi connectivity index (χ3v) is 4.25. The number of benzene rings is 1. The summed E-state index contributed by atoms with van der Waals surface area (Å²) < 4.78 is 5.24. The second-order valence-electron chi connectivity index (χ2n) is 5.75. The van der Waals surface area contributed by atoms with Gasteiger partial charge in [0.15, 0.2) is 0 Å². The highest BCUT2D eigenvalue weighted by molar-refractivity contribution is 5.94. The highest BCUT2D eigenvalue weighted by Gasteiger charge is 2.23. The van der Waals surface area contributed by atoms with E-state index < -0.39 is 5.97 Å². The van der Waals surface area contributed by atoms with E-state index in [1.807, 2.05) is 18.2 Å².